The minimum atomic E-state index is 0.179. The zero-order valence-corrected chi connectivity index (χ0v) is 10.6. The molecule has 1 aromatic rings. The molecule has 2 rings (SSSR count). The van der Waals surface area contributed by atoms with Gasteiger partial charge < -0.3 is 10.1 Å². The highest BCUT2D eigenvalue weighted by molar-refractivity contribution is 4.89. The van der Waals surface area contributed by atoms with Crippen LogP contribution in [0.2, 0.25) is 0 Å². The molecule has 1 N–H and O–H groups in total. The van der Waals surface area contributed by atoms with E-state index in [1.54, 1.807) is 0 Å². The Bertz CT molecular complexity index is 336. The van der Waals surface area contributed by atoms with Gasteiger partial charge in [0.15, 0.2) is 5.82 Å². The molecule has 1 unspecified atom stereocenters. The van der Waals surface area contributed by atoms with E-state index in [1.807, 2.05) is 4.68 Å². The van der Waals surface area contributed by atoms with Crippen molar-refractivity contribution in [2.45, 2.75) is 39.3 Å². The van der Waals surface area contributed by atoms with Crippen molar-refractivity contribution in [3.8, 4) is 0 Å². The predicted octanol–water partition coefficient (Wildman–Crippen LogP) is 0.770. The van der Waals surface area contributed by atoms with Crippen LogP contribution >= 0.6 is 0 Å². The summed E-state index contributed by atoms with van der Waals surface area (Å²) in [6, 6.07) is 0.179. The summed E-state index contributed by atoms with van der Waals surface area (Å²) in [6.07, 6.45) is 2.65. The van der Waals surface area contributed by atoms with Gasteiger partial charge in [0.2, 0.25) is 0 Å². The molecule has 0 spiro atoms. The van der Waals surface area contributed by atoms with E-state index in [1.165, 1.54) is 12.8 Å². The van der Waals surface area contributed by atoms with Crippen molar-refractivity contribution in [2.75, 3.05) is 19.8 Å². The van der Waals surface area contributed by atoms with E-state index < -0.39 is 0 Å². The number of nitrogens with one attached hydrogen (secondary N) is 1. The lowest BCUT2D eigenvalue weighted by Crippen LogP contribution is -2.23. The molecule has 17 heavy (non-hydrogen) atoms. The number of hydrogen-bond acceptors (Lipinski definition) is 5. The second-order valence-corrected chi connectivity index (χ2v) is 4.56. The quantitative estimate of drug-likeness (QED) is 0.679. The summed E-state index contributed by atoms with van der Waals surface area (Å²) in [5, 5.41) is 15.1. The highest BCUT2D eigenvalue weighted by Crippen LogP contribution is 2.28. The average Bonchev–Trinajstić information content (AvgIpc) is 3.02. The standard InChI is InChI=1S/C11H21N5O/c1-3-12-9(2)11-13-14-15-16(11)6-7-17-8-10-4-5-10/h9-10,12H,3-8H2,1-2H3. The van der Waals surface area contributed by atoms with Crippen molar-refractivity contribution in [1.82, 2.24) is 25.5 Å². The van der Waals surface area contributed by atoms with Crippen molar-refractivity contribution in [3.05, 3.63) is 5.82 Å². The molecule has 1 saturated carbocycles. The molecule has 1 aliphatic carbocycles. The fraction of sp³-hybridized carbons (Fsp3) is 0.909. The van der Waals surface area contributed by atoms with Gasteiger partial charge >= 0.3 is 0 Å². The van der Waals surface area contributed by atoms with Gasteiger partial charge in [0.05, 0.1) is 19.2 Å². The summed E-state index contributed by atoms with van der Waals surface area (Å²) in [5.41, 5.74) is 0. The minimum Gasteiger partial charge on any atom is -0.379 e. The second-order valence-electron chi connectivity index (χ2n) is 4.56. The molecule has 1 aromatic heterocycles. The number of aromatic nitrogens is 4. The van der Waals surface area contributed by atoms with E-state index in [9.17, 15) is 0 Å². The molecule has 1 fully saturated rings. The van der Waals surface area contributed by atoms with E-state index in [0.717, 1.165) is 31.4 Å². The van der Waals surface area contributed by atoms with Gasteiger partial charge in [0, 0.05) is 6.61 Å². The Kier molecular flexibility index (Phi) is 4.44. The van der Waals surface area contributed by atoms with E-state index in [4.69, 9.17) is 4.74 Å². The molecule has 0 aliphatic heterocycles. The Morgan fingerprint density at radius 1 is 1.53 bits per heavy atom. The Hall–Kier alpha value is -1.01. The first-order valence-electron chi connectivity index (χ1n) is 6.38. The number of ether oxygens (including phenoxy) is 1. The van der Waals surface area contributed by atoms with Crippen molar-refractivity contribution < 1.29 is 4.74 Å². The average molecular weight is 239 g/mol. The summed E-state index contributed by atoms with van der Waals surface area (Å²) in [6.45, 7) is 7.35. The first kappa shape index (κ1) is 12.4. The molecular formula is C11H21N5O. The molecule has 1 atom stereocenters. The maximum Gasteiger partial charge on any atom is 0.168 e. The zero-order valence-electron chi connectivity index (χ0n) is 10.6. The zero-order chi connectivity index (χ0) is 12.1. The second kappa shape index (κ2) is 6.07. The maximum atomic E-state index is 5.59. The van der Waals surface area contributed by atoms with Crippen LogP contribution in [0.4, 0.5) is 0 Å². The predicted molar refractivity (Wildman–Crippen MR) is 63.5 cm³/mol. The summed E-state index contributed by atoms with van der Waals surface area (Å²) in [4.78, 5) is 0. The minimum absolute atomic E-state index is 0.179. The van der Waals surface area contributed by atoms with E-state index in [2.05, 4.69) is 34.7 Å². The topological polar surface area (TPSA) is 64.9 Å². The Morgan fingerprint density at radius 3 is 3.06 bits per heavy atom. The van der Waals surface area contributed by atoms with Crippen LogP contribution in [0.3, 0.4) is 0 Å². The van der Waals surface area contributed by atoms with Crippen molar-refractivity contribution in [1.29, 1.82) is 0 Å². The van der Waals surface area contributed by atoms with Gasteiger partial charge in [-0.2, -0.15) is 0 Å². The van der Waals surface area contributed by atoms with Crippen LogP contribution in [0.15, 0.2) is 0 Å². The van der Waals surface area contributed by atoms with Crippen molar-refractivity contribution in [3.63, 3.8) is 0 Å². The fourth-order valence-electron chi connectivity index (χ4n) is 1.76. The molecule has 0 saturated heterocycles. The van der Waals surface area contributed by atoms with Crippen LogP contribution in [0.1, 0.15) is 38.6 Å². The first-order valence-corrected chi connectivity index (χ1v) is 6.38. The normalized spacial score (nSPS) is 17.3. The summed E-state index contributed by atoms with van der Waals surface area (Å²) >= 11 is 0. The summed E-state index contributed by atoms with van der Waals surface area (Å²) < 4.78 is 7.41. The van der Waals surface area contributed by atoms with Gasteiger partial charge in [-0.1, -0.05) is 6.92 Å². The SMILES string of the molecule is CCNC(C)c1nnnn1CCOCC1CC1. The largest absolute Gasteiger partial charge is 0.379 e. The molecule has 1 heterocycles. The van der Waals surface area contributed by atoms with Gasteiger partial charge in [-0.15, -0.1) is 5.10 Å². The molecular weight excluding hydrogens is 218 g/mol. The molecule has 6 nitrogen and oxygen atoms in total. The van der Waals surface area contributed by atoms with Gasteiger partial charge in [-0.05, 0) is 42.7 Å². The molecule has 0 amide bonds. The third-order valence-corrected chi connectivity index (χ3v) is 2.96. The highest BCUT2D eigenvalue weighted by Gasteiger charge is 2.21. The summed E-state index contributed by atoms with van der Waals surface area (Å²) in [7, 11) is 0. The molecule has 6 heteroatoms. The van der Waals surface area contributed by atoms with Crippen LogP contribution < -0.4 is 5.32 Å². The maximum absolute atomic E-state index is 5.59. The highest BCUT2D eigenvalue weighted by atomic mass is 16.5. The lowest BCUT2D eigenvalue weighted by atomic mass is 10.3. The Labute approximate surface area is 102 Å². The smallest absolute Gasteiger partial charge is 0.168 e. The Morgan fingerprint density at radius 2 is 2.35 bits per heavy atom. The number of hydrogen-bond donors (Lipinski definition) is 1. The van der Waals surface area contributed by atoms with Gasteiger partial charge in [-0.25, -0.2) is 4.68 Å². The number of rotatable bonds is 8. The molecule has 0 radical (unpaired) electrons. The molecule has 1 aliphatic rings. The van der Waals surface area contributed by atoms with Crippen LogP contribution in [-0.4, -0.2) is 40.0 Å². The molecule has 96 valence electrons. The van der Waals surface area contributed by atoms with Crippen LogP contribution in [-0.2, 0) is 11.3 Å². The van der Waals surface area contributed by atoms with E-state index in [-0.39, 0.29) is 6.04 Å². The number of tetrazole rings is 1. The van der Waals surface area contributed by atoms with Gasteiger partial charge in [0.25, 0.3) is 0 Å². The van der Waals surface area contributed by atoms with Crippen molar-refractivity contribution in [2.24, 2.45) is 5.92 Å². The monoisotopic (exact) mass is 239 g/mol. The summed E-state index contributed by atoms with van der Waals surface area (Å²) in [5.74, 6) is 1.69. The van der Waals surface area contributed by atoms with E-state index in [0.29, 0.717) is 6.61 Å². The number of nitrogens with zero attached hydrogens (tertiary/aromatic N) is 4. The fourth-order valence-corrected chi connectivity index (χ4v) is 1.76. The molecule has 0 aromatic carbocycles. The lowest BCUT2D eigenvalue weighted by Gasteiger charge is -2.12. The van der Waals surface area contributed by atoms with Crippen molar-refractivity contribution >= 4 is 0 Å². The van der Waals surface area contributed by atoms with Crippen LogP contribution in [0.25, 0.3) is 0 Å². The lowest BCUT2D eigenvalue weighted by molar-refractivity contribution is 0.113. The van der Waals surface area contributed by atoms with Gasteiger partial charge in [-0.3, -0.25) is 0 Å². The first-order chi connectivity index (χ1) is 8.31. The molecule has 0 bridgehead atoms. The van der Waals surface area contributed by atoms with E-state index >= 15 is 0 Å². The third kappa shape index (κ3) is 3.74. The third-order valence-electron chi connectivity index (χ3n) is 2.96. The van der Waals surface area contributed by atoms with Crippen LogP contribution in [0.5, 0.6) is 0 Å². The Balaban J connectivity index is 1.76. The van der Waals surface area contributed by atoms with Crippen LogP contribution in [0, 0.1) is 5.92 Å². The van der Waals surface area contributed by atoms with Gasteiger partial charge in [0.1, 0.15) is 0 Å².